The van der Waals surface area contributed by atoms with Crippen LogP contribution in [0.2, 0.25) is 0 Å². The molecule has 0 N–H and O–H groups in total. The van der Waals surface area contributed by atoms with Gasteiger partial charge in [0.1, 0.15) is 22.8 Å². The van der Waals surface area contributed by atoms with Gasteiger partial charge in [0, 0.05) is 31.7 Å². The van der Waals surface area contributed by atoms with E-state index >= 15 is 0 Å². The molecule has 1 saturated heterocycles. The highest BCUT2D eigenvalue weighted by molar-refractivity contribution is 7.22. The third kappa shape index (κ3) is 4.09. The van der Waals surface area contributed by atoms with Crippen LogP contribution in [0, 0.1) is 5.82 Å². The fourth-order valence-corrected chi connectivity index (χ4v) is 4.67. The molecule has 1 aliphatic rings. The summed E-state index contributed by atoms with van der Waals surface area (Å²) in [5, 5.41) is 0.797. The first-order valence-corrected chi connectivity index (χ1v) is 10.9. The van der Waals surface area contributed by atoms with Crippen molar-refractivity contribution < 1.29 is 13.9 Å². The maximum Gasteiger partial charge on any atom is 0.254 e. The molecule has 4 aromatic rings. The van der Waals surface area contributed by atoms with Crippen LogP contribution in [0.15, 0.2) is 72.8 Å². The fourth-order valence-electron chi connectivity index (χ4n) is 3.64. The maximum atomic E-state index is 14.0. The lowest BCUT2D eigenvalue weighted by Crippen LogP contribution is -2.48. The van der Waals surface area contributed by atoms with Crippen LogP contribution in [-0.2, 0) is 0 Å². The number of hydrogen-bond acceptors (Lipinski definition) is 5. The number of fused-ring (bicyclic) bond motifs is 1. The second-order valence-corrected chi connectivity index (χ2v) is 8.31. The standard InChI is InChI=1S/C24H20FN3O2S/c25-20-10-5-11-21-22(20)26-24(31-21)28-14-12-27(13-15-28)23(29)17-6-4-9-19(16-17)30-18-7-2-1-3-8-18/h1-11,16H,12-15H2. The van der Waals surface area contributed by atoms with Gasteiger partial charge in [0.2, 0.25) is 0 Å². The summed E-state index contributed by atoms with van der Waals surface area (Å²) in [6.07, 6.45) is 0. The summed E-state index contributed by atoms with van der Waals surface area (Å²) in [6.45, 7) is 2.49. The normalized spacial score (nSPS) is 14.1. The van der Waals surface area contributed by atoms with Gasteiger partial charge in [-0.3, -0.25) is 4.79 Å². The SMILES string of the molecule is O=C(c1cccc(Oc2ccccc2)c1)N1CCN(c2nc3c(F)cccc3s2)CC1. The van der Waals surface area contributed by atoms with Gasteiger partial charge in [-0.25, -0.2) is 9.37 Å². The van der Waals surface area contributed by atoms with Crippen LogP contribution in [0.25, 0.3) is 10.2 Å². The van der Waals surface area contributed by atoms with Gasteiger partial charge in [-0.05, 0) is 42.5 Å². The van der Waals surface area contributed by atoms with E-state index in [1.54, 1.807) is 12.1 Å². The summed E-state index contributed by atoms with van der Waals surface area (Å²) >= 11 is 1.48. The molecule has 156 valence electrons. The number of rotatable bonds is 4. The number of nitrogens with zero attached hydrogens (tertiary/aromatic N) is 3. The number of halogens is 1. The van der Waals surface area contributed by atoms with Gasteiger partial charge in [0.15, 0.2) is 5.13 Å². The molecule has 0 spiro atoms. The molecule has 0 saturated carbocycles. The molecule has 5 rings (SSSR count). The Balaban J connectivity index is 1.25. The van der Waals surface area contributed by atoms with Gasteiger partial charge in [-0.2, -0.15) is 0 Å². The van der Waals surface area contributed by atoms with Crippen LogP contribution in [0.3, 0.4) is 0 Å². The molecule has 1 amide bonds. The van der Waals surface area contributed by atoms with Crippen LogP contribution in [-0.4, -0.2) is 42.0 Å². The fraction of sp³-hybridized carbons (Fsp3) is 0.167. The highest BCUT2D eigenvalue weighted by atomic mass is 32.1. The van der Waals surface area contributed by atoms with Gasteiger partial charge in [0.05, 0.1) is 4.70 Å². The summed E-state index contributed by atoms with van der Waals surface area (Å²) in [5.74, 6) is 1.04. The summed E-state index contributed by atoms with van der Waals surface area (Å²) < 4.78 is 20.6. The highest BCUT2D eigenvalue weighted by Gasteiger charge is 2.24. The summed E-state index contributed by atoms with van der Waals surface area (Å²) in [5.41, 5.74) is 1.01. The molecule has 0 aliphatic carbocycles. The first-order valence-electron chi connectivity index (χ1n) is 10.1. The third-order valence-corrected chi connectivity index (χ3v) is 6.34. The van der Waals surface area contributed by atoms with Gasteiger partial charge in [-0.1, -0.05) is 41.7 Å². The van der Waals surface area contributed by atoms with Crippen LogP contribution in [0.5, 0.6) is 11.5 Å². The van der Waals surface area contributed by atoms with E-state index in [9.17, 15) is 9.18 Å². The molecule has 1 fully saturated rings. The van der Waals surface area contributed by atoms with Crippen molar-refractivity contribution in [3.05, 3.63) is 84.2 Å². The van der Waals surface area contributed by atoms with Crippen molar-refractivity contribution in [2.45, 2.75) is 0 Å². The van der Waals surface area contributed by atoms with E-state index in [0.717, 1.165) is 15.6 Å². The number of anilines is 1. The topological polar surface area (TPSA) is 45.7 Å². The zero-order valence-corrected chi connectivity index (χ0v) is 17.5. The van der Waals surface area contributed by atoms with Crippen molar-refractivity contribution >= 4 is 32.6 Å². The van der Waals surface area contributed by atoms with E-state index in [1.807, 2.05) is 59.5 Å². The molecule has 1 aromatic heterocycles. The van der Waals surface area contributed by atoms with E-state index in [-0.39, 0.29) is 11.7 Å². The minimum absolute atomic E-state index is 0.0199. The predicted molar refractivity (Wildman–Crippen MR) is 121 cm³/mol. The Bertz CT molecular complexity index is 1220. The van der Waals surface area contributed by atoms with Gasteiger partial charge in [-0.15, -0.1) is 0 Å². The first kappa shape index (κ1) is 19.5. The second-order valence-electron chi connectivity index (χ2n) is 7.31. The Morgan fingerprint density at radius 2 is 1.65 bits per heavy atom. The average Bonchev–Trinajstić information content (AvgIpc) is 3.25. The lowest BCUT2D eigenvalue weighted by Gasteiger charge is -2.34. The number of carbonyl (C=O) groups is 1. The van der Waals surface area contributed by atoms with E-state index in [1.165, 1.54) is 17.4 Å². The number of para-hydroxylation sites is 2. The number of benzene rings is 3. The lowest BCUT2D eigenvalue weighted by atomic mass is 10.1. The van der Waals surface area contributed by atoms with Crippen LogP contribution >= 0.6 is 11.3 Å². The molecule has 3 aromatic carbocycles. The number of piperazine rings is 1. The molecule has 0 radical (unpaired) electrons. The Labute approximate surface area is 183 Å². The van der Waals surface area contributed by atoms with Crippen LogP contribution in [0.1, 0.15) is 10.4 Å². The smallest absolute Gasteiger partial charge is 0.254 e. The molecule has 0 atom stereocenters. The highest BCUT2D eigenvalue weighted by Crippen LogP contribution is 2.31. The second kappa shape index (κ2) is 8.35. The molecule has 31 heavy (non-hydrogen) atoms. The van der Waals surface area contributed by atoms with E-state index in [4.69, 9.17) is 4.74 Å². The maximum absolute atomic E-state index is 14.0. The van der Waals surface area contributed by atoms with Crippen molar-refractivity contribution in [1.29, 1.82) is 0 Å². The molecule has 0 unspecified atom stereocenters. The molecule has 7 heteroatoms. The van der Waals surface area contributed by atoms with E-state index in [2.05, 4.69) is 9.88 Å². The average molecular weight is 434 g/mol. The zero-order chi connectivity index (χ0) is 21.2. The minimum atomic E-state index is -0.300. The monoisotopic (exact) mass is 433 g/mol. The van der Waals surface area contributed by atoms with Crippen LogP contribution < -0.4 is 9.64 Å². The van der Waals surface area contributed by atoms with Gasteiger partial charge >= 0.3 is 0 Å². The summed E-state index contributed by atoms with van der Waals surface area (Å²) in [7, 11) is 0. The molecule has 5 nitrogen and oxygen atoms in total. The Kier molecular flexibility index (Phi) is 5.26. The molecular formula is C24H20FN3O2S. The number of aromatic nitrogens is 1. The number of thiazole rings is 1. The molecule has 2 heterocycles. The number of hydrogen-bond donors (Lipinski definition) is 0. The number of carbonyl (C=O) groups excluding carboxylic acids is 1. The predicted octanol–water partition coefficient (Wildman–Crippen LogP) is 5.19. The largest absolute Gasteiger partial charge is 0.457 e. The molecule has 0 bridgehead atoms. The zero-order valence-electron chi connectivity index (χ0n) is 16.7. The molecular weight excluding hydrogens is 413 g/mol. The van der Waals surface area contributed by atoms with Crippen molar-refractivity contribution in [3.63, 3.8) is 0 Å². The number of ether oxygens (including phenoxy) is 1. The molecule has 1 aliphatic heterocycles. The summed E-state index contributed by atoms with van der Waals surface area (Å²) in [4.78, 5) is 21.4. The van der Waals surface area contributed by atoms with E-state index in [0.29, 0.717) is 43.0 Å². The van der Waals surface area contributed by atoms with E-state index < -0.39 is 0 Å². The van der Waals surface area contributed by atoms with Crippen molar-refractivity contribution in [3.8, 4) is 11.5 Å². The van der Waals surface area contributed by atoms with Crippen molar-refractivity contribution in [2.75, 3.05) is 31.1 Å². The Morgan fingerprint density at radius 1 is 0.903 bits per heavy atom. The quantitative estimate of drug-likeness (QED) is 0.444. The minimum Gasteiger partial charge on any atom is -0.457 e. The van der Waals surface area contributed by atoms with Gasteiger partial charge < -0.3 is 14.5 Å². The first-order chi connectivity index (χ1) is 15.2. The Hall–Kier alpha value is -3.45. The van der Waals surface area contributed by atoms with Crippen molar-refractivity contribution in [2.24, 2.45) is 0 Å². The third-order valence-electron chi connectivity index (χ3n) is 5.26. The Morgan fingerprint density at radius 3 is 2.42 bits per heavy atom. The summed E-state index contributed by atoms with van der Waals surface area (Å²) in [6, 6.07) is 21.8. The van der Waals surface area contributed by atoms with Gasteiger partial charge in [0.25, 0.3) is 5.91 Å². The number of amides is 1. The lowest BCUT2D eigenvalue weighted by molar-refractivity contribution is 0.0746. The van der Waals surface area contributed by atoms with Crippen molar-refractivity contribution in [1.82, 2.24) is 9.88 Å². The van der Waals surface area contributed by atoms with Crippen LogP contribution in [0.4, 0.5) is 9.52 Å².